The summed E-state index contributed by atoms with van der Waals surface area (Å²) in [6, 6.07) is 58.6. The van der Waals surface area contributed by atoms with Crippen LogP contribution >= 0.6 is 0 Å². The van der Waals surface area contributed by atoms with E-state index < -0.39 is 55.0 Å². The number of aromatic nitrogens is 3. The molecule has 0 saturated carbocycles. The third kappa shape index (κ3) is 7.19. The molecule has 4 nitrogen and oxygen atoms in total. The second-order valence-electron chi connectivity index (χ2n) is 19.2. The Bertz CT molecular complexity index is 3220. The summed E-state index contributed by atoms with van der Waals surface area (Å²) in [6.07, 6.45) is -9.01. The first-order valence-corrected chi connectivity index (χ1v) is 28.0. The smallest absolute Gasteiger partial charge is 0.393 e. The topological polar surface area (TPSA) is 31.5 Å². The Hall–Kier alpha value is -6.16. The van der Waals surface area contributed by atoms with Gasteiger partial charge in [0.1, 0.15) is 11.5 Å². The van der Waals surface area contributed by atoms with Gasteiger partial charge in [0.05, 0.1) is 32.9 Å². The highest BCUT2D eigenvalue weighted by Gasteiger charge is 2.54. The lowest BCUT2D eigenvalue weighted by atomic mass is 9.95. The van der Waals surface area contributed by atoms with Crippen LogP contribution in [0.25, 0.3) is 33.5 Å². The standard InChI is InChI=1S/C54H49F6N3OSi3/c1-50(2,53(55,56)57)34-65-52(66-35-51(3,4)54(58,59)60)40-25-11-16-31-46(40)64-48-41(52)26-18-32-47(48)67(37-20-7-5-8-21-37,38-22-9-6-10-23-38)39-24-17-19-36(33-39)62-44-29-14-15-30-45(44)63-43-28-13-12-27-42(43)61-49(62)63/h5-33H,34-35,65-66H2,1-4H3. The normalized spacial score (nSPS) is 16.1. The number of halogens is 6. The number of hydrogen-bond acceptors (Lipinski definition) is 2. The molecule has 0 N–H and O–H groups in total. The van der Waals surface area contributed by atoms with E-state index in [0.29, 0.717) is 22.6 Å². The number of rotatable bonds is 11. The van der Waals surface area contributed by atoms with Crippen LogP contribution in [0.3, 0.4) is 0 Å². The zero-order valence-corrected chi connectivity index (χ0v) is 41.4. The molecule has 0 unspecified atom stereocenters. The van der Waals surface area contributed by atoms with Gasteiger partial charge in [0, 0.05) is 29.4 Å². The van der Waals surface area contributed by atoms with Gasteiger partial charge in [0.25, 0.3) is 0 Å². The van der Waals surface area contributed by atoms with Crippen LogP contribution in [0.1, 0.15) is 38.8 Å². The van der Waals surface area contributed by atoms with Gasteiger partial charge in [-0.05, 0) is 86.4 Å². The molecular formula is C54H49F6N3OSi3. The molecule has 1 aliphatic rings. The number of nitrogens with zero attached hydrogens (tertiary/aromatic N) is 3. The fourth-order valence-corrected chi connectivity index (χ4v) is 22.2. The lowest BCUT2D eigenvalue weighted by molar-refractivity contribution is -0.204. The van der Waals surface area contributed by atoms with E-state index in [1.165, 1.54) is 27.7 Å². The highest BCUT2D eigenvalue weighted by Crippen LogP contribution is 2.52. The molecule has 3 heterocycles. The first-order chi connectivity index (χ1) is 32.0. The molecule has 9 aromatic rings. The van der Waals surface area contributed by atoms with Gasteiger partial charge >= 0.3 is 12.4 Å². The van der Waals surface area contributed by atoms with Gasteiger partial charge in [-0.2, -0.15) is 26.3 Å². The lowest BCUT2D eigenvalue weighted by Crippen LogP contribution is -2.75. The van der Waals surface area contributed by atoms with Crippen molar-refractivity contribution in [1.82, 2.24) is 14.0 Å². The van der Waals surface area contributed by atoms with Crippen LogP contribution in [0.4, 0.5) is 26.3 Å². The molecule has 7 aromatic carbocycles. The Kier molecular flexibility index (Phi) is 10.8. The third-order valence-corrected chi connectivity index (χ3v) is 27.6. The quantitative estimate of drug-likeness (QED) is 0.0735. The predicted molar refractivity (Wildman–Crippen MR) is 267 cm³/mol. The second-order valence-corrected chi connectivity index (χ2v) is 28.4. The van der Waals surface area contributed by atoms with E-state index >= 15 is 0 Å². The molecule has 0 aliphatic carbocycles. The van der Waals surface area contributed by atoms with Gasteiger partial charge in [-0.15, -0.1) is 0 Å². The number of ether oxygens (including phenoxy) is 1. The van der Waals surface area contributed by atoms with E-state index in [2.05, 4.69) is 81.8 Å². The van der Waals surface area contributed by atoms with Crippen molar-refractivity contribution in [2.24, 2.45) is 10.8 Å². The van der Waals surface area contributed by atoms with Crippen LogP contribution in [0.2, 0.25) is 12.1 Å². The van der Waals surface area contributed by atoms with Crippen molar-refractivity contribution in [2.45, 2.75) is 56.8 Å². The number of benzene rings is 7. The maximum Gasteiger partial charge on any atom is 0.393 e. The van der Waals surface area contributed by atoms with E-state index in [1.54, 1.807) is 0 Å². The molecular weight excluding hydrogens is 905 g/mol. The number of alkyl halides is 6. The Morgan fingerprint density at radius 3 is 1.67 bits per heavy atom. The molecule has 0 atom stereocenters. The number of para-hydroxylation sites is 6. The van der Waals surface area contributed by atoms with Crippen molar-refractivity contribution in [2.75, 3.05) is 0 Å². The average Bonchev–Trinajstić information content (AvgIpc) is 3.85. The van der Waals surface area contributed by atoms with E-state index in [4.69, 9.17) is 9.72 Å². The van der Waals surface area contributed by atoms with E-state index in [1.807, 2.05) is 103 Å². The second kappa shape index (κ2) is 16.3. The van der Waals surface area contributed by atoms with Crippen LogP contribution in [0, 0.1) is 10.8 Å². The Morgan fingerprint density at radius 2 is 1.04 bits per heavy atom. The summed E-state index contributed by atoms with van der Waals surface area (Å²) in [6.45, 7) is 4.89. The lowest BCUT2D eigenvalue weighted by Gasteiger charge is -2.45. The van der Waals surface area contributed by atoms with Crippen LogP contribution in [-0.4, -0.2) is 53.4 Å². The molecule has 10 rings (SSSR count). The zero-order valence-electron chi connectivity index (χ0n) is 37.6. The number of fused-ring (bicyclic) bond motifs is 7. The minimum atomic E-state index is -4.50. The molecule has 2 aromatic heterocycles. The number of imidazole rings is 2. The summed E-state index contributed by atoms with van der Waals surface area (Å²) in [7, 11) is -7.33. The minimum Gasteiger partial charge on any atom is -0.457 e. The van der Waals surface area contributed by atoms with Crippen molar-refractivity contribution in [3.05, 3.63) is 187 Å². The van der Waals surface area contributed by atoms with Gasteiger partial charge in [-0.3, -0.25) is 8.97 Å². The minimum absolute atomic E-state index is 0.155. The molecule has 340 valence electrons. The van der Waals surface area contributed by atoms with Gasteiger partial charge in [-0.25, -0.2) is 4.98 Å². The predicted octanol–water partition coefficient (Wildman–Crippen LogP) is 10.5. The summed E-state index contributed by atoms with van der Waals surface area (Å²) in [5, 5.41) is 3.97. The molecule has 0 saturated heterocycles. The first-order valence-electron chi connectivity index (χ1n) is 22.6. The summed E-state index contributed by atoms with van der Waals surface area (Å²) >= 11 is 0. The number of hydrogen-bond donors (Lipinski definition) is 0. The fraction of sp³-hybridized carbons (Fsp3) is 0.204. The Balaban J connectivity index is 1.28. The monoisotopic (exact) mass is 953 g/mol. The molecule has 0 radical (unpaired) electrons. The molecule has 1 aliphatic heterocycles. The van der Waals surface area contributed by atoms with Crippen molar-refractivity contribution < 1.29 is 31.1 Å². The SMILES string of the molecule is CC(C)(C[SiH2]C1([SiH2]CC(C)(C)C(F)(F)F)c2ccccc2Oc2c1cccc2[Si](c1ccccc1)(c1ccccc1)c1cccc(-n2c3ccccc3n3c4ccccc4nc23)c1)C(F)(F)F. The Labute approximate surface area is 390 Å². The summed E-state index contributed by atoms with van der Waals surface area (Å²) in [4.78, 5) is 5.17. The molecule has 0 spiro atoms. The van der Waals surface area contributed by atoms with E-state index in [-0.39, 0.29) is 12.1 Å². The van der Waals surface area contributed by atoms with Crippen molar-refractivity contribution in [3.63, 3.8) is 0 Å². The average molecular weight is 954 g/mol. The van der Waals surface area contributed by atoms with Gasteiger partial charge < -0.3 is 4.74 Å². The van der Waals surface area contributed by atoms with Gasteiger partial charge in [-0.1, -0.05) is 161 Å². The largest absolute Gasteiger partial charge is 0.457 e. The highest BCUT2D eigenvalue weighted by atomic mass is 28.3. The molecule has 0 amide bonds. The zero-order chi connectivity index (χ0) is 47.0. The van der Waals surface area contributed by atoms with Crippen LogP contribution in [0.5, 0.6) is 11.5 Å². The molecule has 0 fully saturated rings. The first kappa shape index (κ1) is 44.7. The van der Waals surface area contributed by atoms with Crippen molar-refractivity contribution >= 4 is 75.7 Å². The van der Waals surface area contributed by atoms with Crippen LogP contribution < -0.4 is 25.5 Å². The maximum atomic E-state index is 14.8. The van der Waals surface area contributed by atoms with Crippen molar-refractivity contribution in [3.8, 4) is 17.2 Å². The molecule has 13 heteroatoms. The molecule has 0 bridgehead atoms. The van der Waals surface area contributed by atoms with Crippen LogP contribution in [-0.2, 0) is 4.66 Å². The van der Waals surface area contributed by atoms with Crippen LogP contribution in [0.15, 0.2) is 176 Å². The fourth-order valence-electron chi connectivity index (χ4n) is 10.4. The summed E-state index contributed by atoms with van der Waals surface area (Å²) in [5.74, 6) is 1.78. The van der Waals surface area contributed by atoms with E-state index in [0.717, 1.165) is 54.3 Å². The maximum absolute atomic E-state index is 14.8. The van der Waals surface area contributed by atoms with Gasteiger partial charge in [0.2, 0.25) is 5.78 Å². The summed E-state index contributed by atoms with van der Waals surface area (Å²) in [5.41, 5.74) is 2.03. The van der Waals surface area contributed by atoms with Crippen molar-refractivity contribution in [1.29, 1.82) is 0 Å². The van der Waals surface area contributed by atoms with Gasteiger partial charge in [0.15, 0.2) is 8.07 Å². The Morgan fingerprint density at radius 1 is 0.537 bits per heavy atom. The molecule has 67 heavy (non-hydrogen) atoms. The summed E-state index contributed by atoms with van der Waals surface area (Å²) < 4.78 is 99.6. The van der Waals surface area contributed by atoms with E-state index in [9.17, 15) is 26.3 Å². The third-order valence-electron chi connectivity index (χ3n) is 14.5. The highest BCUT2D eigenvalue weighted by molar-refractivity contribution is 7.20.